The molecule has 1 unspecified atom stereocenters. The van der Waals surface area contributed by atoms with Gasteiger partial charge in [0.25, 0.3) is 0 Å². The molecule has 112 valence electrons. The highest BCUT2D eigenvalue weighted by Gasteiger charge is 2.13. The number of phenolic OH excluding ortho intramolecular Hbond substituents is 1. The van der Waals surface area contributed by atoms with Crippen molar-refractivity contribution < 1.29 is 14.2 Å². The zero-order valence-electron chi connectivity index (χ0n) is 12.5. The maximum absolute atomic E-state index is 13.3. The molecule has 2 rings (SSSR count). The van der Waals surface area contributed by atoms with Crippen molar-refractivity contribution in [1.29, 1.82) is 0 Å². The topological polar surface area (TPSA) is 41.5 Å². The summed E-state index contributed by atoms with van der Waals surface area (Å²) < 4.78 is 18.7. The highest BCUT2D eigenvalue weighted by atomic mass is 19.1. The quantitative estimate of drug-likeness (QED) is 0.856. The monoisotopic (exact) mass is 289 g/mol. The zero-order valence-corrected chi connectivity index (χ0v) is 12.5. The van der Waals surface area contributed by atoms with Crippen LogP contribution in [0.1, 0.15) is 31.0 Å². The average Bonchev–Trinajstić information content (AvgIpc) is 2.42. The molecule has 0 radical (unpaired) electrons. The van der Waals surface area contributed by atoms with Gasteiger partial charge in [-0.15, -0.1) is 0 Å². The third-order valence-electron chi connectivity index (χ3n) is 3.27. The van der Waals surface area contributed by atoms with Crippen LogP contribution in [0.4, 0.5) is 10.1 Å². The highest BCUT2D eigenvalue weighted by Crippen LogP contribution is 2.32. The second-order valence-corrected chi connectivity index (χ2v) is 5.00. The number of anilines is 1. The standard InChI is InChI=1S/C17H20FNO2/c1-4-21-17-10-13(18)6-8-15(17)19-12(3)14-7-5-11(2)9-16(14)20/h5-10,12,19-20H,4H2,1-3H3. The number of aryl methyl sites for hydroxylation is 1. The number of rotatable bonds is 5. The molecule has 0 aliphatic heterocycles. The number of hydrogen-bond donors (Lipinski definition) is 2. The number of aromatic hydroxyl groups is 1. The average molecular weight is 289 g/mol. The van der Waals surface area contributed by atoms with Gasteiger partial charge < -0.3 is 15.2 Å². The van der Waals surface area contributed by atoms with Gasteiger partial charge in [0.1, 0.15) is 17.3 Å². The molecule has 0 amide bonds. The molecule has 21 heavy (non-hydrogen) atoms. The molecule has 0 aliphatic rings. The summed E-state index contributed by atoms with van der Waals surface area (Å²) in [6, 6.07) is 9.80. The fourth-order valence-electron chi connectivity index (χ4n) is 2.22. The Hall–Kier alpha value is -2.23. The van der Waals surface area contributed by atoms with Gasteiger partial charge in [0.15, 0.2) is 0 Å². The normalized spacial score (nSPS) is 12.0. The van der Waals surface area contributed by atoms with E-state index in [0.29, 0.717) is 18.0 Å². The molecule has 0 heterocycles. The van der Waals surface area contributed by atoms with Gasteiger partial charge in [0.05, 0.1) is 18.3 Å². The lowest BCUT2D eigenvalue weighted by Crippen LogP contribution is -2.09. The molecule has 4 heteroatoms. The van der Waals surface area contributed by atoms with E-state index >= 15 is 0 Å². The summed E-state index contributed by atoms with van der Waals surface area (Å²) in [6.45, 7) is 6.17. The van der Waals surface area contributed by atoms with Gasteiger partial charge in [-0.05, 0) is 44.5 Å². The van der Waals surface area contributed by atoms with Crippen molar-refractivity contribution in [3.8, 4) is 11.5 Å². The number of benzene rings is 2. The third-order valence-corrected chi connectivity index (χ3v) is 3.27. The van der Waals surface area contributed by atoms with Crippen LogP contribution >= 0.6 is 0 Å². The van der Waals surface area contributed by atoms with Crippen molar-refractivity contribution in [2.24, 2.45) is 0 Å². The maximum Gasteiger partial charge on any atom is 0.145 e. The second kappa shape index (κ2) is 6.48. The molecule has 0 aromatic heterocycles. The molecular formula is C17H20FNO2. The molecule has 0 saturated carbocycles. The van der Waals surface area contributed by atoms with Crippen LogP contribution in [0, 0.1) is 12.7 Å². The Kier molecular flexibility index (Phi) is 4.68. The van der Waals surface area contributed by atoms with Crippen molar-refractivity contribution in [2.75, 3.05) is 11.9 Å². The highest BCUT2D eigenvalue weighted by molar-refractivity contribution is 5.58. The van der Waals surface area contributed by atoms with Crippen molar-refractivity contribution in [3.05, 3.63) is 53.3 Å². The molecule has 0 aliphatic carbocycles. The first-order valence-electron chi connectivity index (χ1n) is 6.99. The van der Waals surface area contributed by atoms with Gasteiger partial charge in [-0.1, -0.05) is 12.1 Å². The Morgan fingerprint density at radius 3 is 2.67 bits per heavy atom. The maximum atomic E-state index is 13.3. The third kappa shape index (κ3) is 3.66. The summed E-state index contributed by atoms with van der Waals surface area (Å²) in [6.07, 6.45) is 0. The molecule has 2 aromatic carbocycles. The van der Waals surface area contributed by atoms with Crippen LogP contribution in [-0.2, 0) is 0 Å². The number of nitrogens with one attached hydrogen (secondary N) is 1. The molecule has 2 N–H and O–H groups in total. The molecule has 2 aromatic rings. The number of ether oxygens (including phenoxy) is 1. The van der Waals surface area contributed by atoms with Crippen LogP contribution < -0.4 is 10.1 Å². The number of halogens is 1. The zero-order chi connectivity index (χ0) is 15.4. The Balaban J connectivity index is 2.24. The molecule has 0 spiro atoms. The Morgan fingerprint density at radius 2 is 2.00 bits per heavy atom. The molecule has 0 fully saturated rings. The lowest BCUT2D eigenvalue weighted by atomic mass is 10.0. The largest absolute Gasteiger partial charge is 0.508 e. The van der Waals surface area contributed by atoms with E-state index in [-0.39, 0.29) is 17.6 Å². The van der Waals surface area contributed by atoms with E-state index in [4.69, 9.17) is 4.74 Å². The van der Waals surface area contributed by atoms with E-state index in [1.54, 1.807) is 12.1 Å². The molecule has 3 nitrogen and oxygen atoms in total. The van der Waals surface area contributed by atoms with Gasteiger partial charge in [0.2, 0.25) is 0 Å². The predicted molar refractivity (Wildman–Crippen MR) is 82.5 cm³/mol. The summed E-state index contributed by atoms with van der Waals surface area (Å²) >= 11 is 0. The first-order valence-corrected chi connectivity index (χ1v) is 6.99. The van der Waals surface area contributed by atoms with Crippen LogP contribution in [-0.4, -0.2) is 11.7 Å². The van der Waals surface area contributed by atoms with Crippen molar-refractivity contribution in [3.63, 3.8) is 0 Å². The predicted octanol–water partition coefficient (Wildman–Crippen LogP) is 4.41. The van der Waals surface area contributed by atoms with Crippen LogP contribution in [0.15, 0.2) is 36.4 Å². The van der Waals surface area contributed by atoms with Crippen molar-refractivity contribution in [2.45, 2.75) is 26.8 Å². The fraction of sp³-hybridized carbons (Fsp3) is 0.294. The number of hydrogen-bond acceptors (Lipinski definition) is 3. The van der Waals surface area contributed by atoms with E-state index in [9.17, 15) is 9.50 Å². The summed E-state index contributed by atoms with van der Waals surface area (Å²) in [5.74, 6) is 0.376. The fourth-order valence-corrected chi connectivity index (χ4v) is 2.22. The molecule has 1 atom stereocenters. The van der Waals surface area contributed by atoms with Crippen LogP contribution in [0.3, 0.4) is 0 Å². The van der Waals surface area contributed by atoms with Gasteiger partial charge in [-0.3, -0.25) is 0 Å². The second-order valence-electron chi connectivity index (χ2n) is 5.00. The van der Waals surface area contributed by atoms with Gasteiger partial charge in [0, 0.05) is 11.6 Å². The van der Waals surface area contributed by atoms with Crippen molar-refractivity contribution in [1.82, 2.24) is 0 Å². The summed E-state index contributed by atoms with van der Waals surface area (Å²) in [4.78, 5) is 0. The van der Waals surface area contributed by atoms with Crippen LogP contribution in [0.25, 0.3) is 0 Å². The number of phenols is 1. The summed E-state index contributed by atoms with van der Waals surface area (Å²) in [5, 5.41) is 13.3. The van der Waals surface area contributed by atoms with E-state index in [0.717, 1.165) is 11.1 Å². The summed E-state index contributed by atoms with van der Waals surface area (Å²) in [7, 11) is 0. The Morgan fingerprint density at radius 1 is 1.24 bits per heavy atom. The molecule has 0 bridgehead atoms. The van der Waals surface area contributed by atoms with Gasteiger partial charge in [-0.25, -0.2) is 4.39 Å². The van der Waals surface area contributed by atoms with E-state index in [2.05, 4.69) is 5.32 Å². The van der Waals surface area contributed by atoms with E-state index in [1.807, 2.05) is 32.9 Å². The van der Waals surface area contributed by atoms with E-state index < -0.39 is 0 Å². The summed E-state index contributed by atoms with van der Waals surface area (Å²) in [5.41, 5.74) is 2.48. The van der Waals surface area contributed by atoms with Crippen LogP contribution in [0.2, 0.25) is 0 Å². The lowest BCUT2D eigenvalue weighted by Gasteiger charge is -2.19. The Bertz CT molecular complexity index is 628. The smallest absolute Gasteiger partial charge is 0.145 e. The first kappa shape index (κ1) is 15.2. The molecular weight excluding hydrogens is 269 g/mol. The lowest BCUT2D eigenvalue weighted by molar-refractivity contribution is 0.339. The molecule has 0 saturated heterocycles. The van der Waals surface area contributed by atoms with Gasteiger partial charge >= 0.3 is 0 Å². The van der Waals surface area contributed by atoms with E-state index in [1.165, 1.54) is 12.1 Å². The minimum absolute atomic E-state index is 0.129. The van der Waals surface area contributed by atoms with Crippen molar-refractivity contribution >= 4 is 5.69 Å². The SMILES string of the molecule is CCOc1cc(F)ccc1NC(C)c1ccc(C)cc1O. The Labute approximate surface area is 124 Å². The minimum Gasteiger partial charge on any atom is -0.508 e. The first-order chi connectivity index (χ1) is 10.0. The van der Waals surface area contributed by atoms with Crippen LogP contribution in [0.5, 0.6) is 11.5 Å². The minimum atomic E-state index is -0.338. The van der Waals surface area contributed by atoms with Gasteiger partial charge in [-0.2, -0.15) is 0 Å².